The zero-order valence-corrected chi connectivity index (χ0v) is 77.6. The van der Waals surface area contributed by atoms with Gasteiger partial charge in [0.25, 0.3) is 0 Å². The number of hydrogen-bond donors (Lipinski definition) is 20. The monoisotopic (exact) mass is 1830 g/mol. The van der Waals surface area contributed by atoms with Crippen LogP contribution in [0.2, 0.25) is 0 Å². The molecule has 6 rings (SSSR count). The van der Waals surface area contributed by atoms with Gasteiger partial charge in [0.1, 0.15) is 88.1 Å². The highest BCUT2D eigenvalue weighted by molar-refractivity contribution is 6.04. The molecule has 0 saturated carbocycles. The van der Waals surface area contributed by atoms with Gasteiger partial charge in [-0.25, -0.2) is 0 Å². The molecular weight excluding hydrogens is 1690 g/mol. The average Bonchev–Trinajstić information content (AvgIpc) is 1.62. The number of aliphatic carboxylic acids is 1. The third-order valence-corrected chi connectivity index (χ3v) is 23.7. The maximum atomic E-state index is 14.8. The molecule has 41 heteroatoms. The smallest absolute Gasteiger partial charge is 0.303 e. The Morgan fingerprint density at radius 1 is 0.508 bits per heavy atom. The van der Waals surface area contributed by atoms with Crippen molar-refractivity contribution in [2.45, 2.75) is 321 Å². The molecule has 16 atom stereocenters. The predicted molar refractivity (Wildman–Crippen MR) is 474 cm³/mol. The average molecular weight is 1830 g/mol. The molecular formula is C89H136N18O23. The van der Waals surface area contributed by atoms with Crippen molar-refractivity contribution in [3.63, 3.8) is 0 Å². The summed E-state index contributed by atoms with van der Waals surface area (Å²) in [6.45, 7) is 24.4. The van der Waals surface area contributed by atoms with Gasteiger partial charge in [0, 0.05) is 75.8 Å². The molecule has 3 saturated heterocycles. The fraction of sp³-hybridized carbons (Fsp3) is 0.640. The summed E-state index contributed by atoms with van der Waals surface area (Å²) < 4.78 is 0. The molecule has 720 valence electrons. The number of nitrogens with two attached hydrogens (primary N) is 1. The van der Waals surface area contributed by atoms with Crippen molar-refractivity contribution in [2.75, 3.05) is 26.2 Å². The lowest BCUT2D eigenvalue weighted by atomic mass is 9.93. The number of carbonyl (C=O) groups excluding carboxylic acids is 17. The van der Waals surface area contributed by atoms with Gasteiger partial charge in [0.2, 0.25) is 100 Å². The maximum absolute atomic E-state index is 14.8. The van der Waals surface area contributed by atoms with Gasteiger partial charge in [-0.1, -0.05) is 103 Å². The second-order valence-electron chi connectivity index (χ2n) is 37.4. The van der Waals surface area contributed by atoms with Crippen LogP contribution < -0.4 is 74.9 Å². The number of likely N-dealkylation sites (tertiary alicyclic amines) is 3. The van der Waals surface area contributed by atoms with E-state index in [1.54, 1.807) is 33.9 Å². The van der Waals surface area contributed by atoms with Crippen LogP contribution in [-0.4, -0.2) is 290 Å². The van der Waals surface area contributed by atoms with E-state index in [0.717, 1.165) is 33.2 Å². The molecule has 0 bridgehead atoms. The molecule has 3 aromatic rings. The van der Waals surface area contributed by atoms with Crippen LogP contribution in [0, 0.1) is 17.8 Å². The number of primary amides is 1. The number of fused-ring (bicyclic) bond motifs is 1. The topological polar surface area (TPSA) is 616 Å². The minimum atomic E-state index is -1.98. The van der Waals surface area contributed by atoms with Crippen LogP contribution in [0.25, 0.3) is 10.9 Å². The number of aliphatic hydroxyl groups is 4. The number of carbonyl (C=O) groups is 18. The number of amides is 17. The fourth-order valence-electron chi connectivity index (χ4n) is 15.8. The highest BCUT2D eigenvalue weighted by Crippen LogP contribution is 2.29. The Balaban J connectivity index is 1.08. The lowest BCUT2D eigenvalue weighted by Crippen LogP contribution is -2.66. The molecule has 21 N–H and O–H groups in total. The van der Waals surface area contributed by atoms with E-state index < -0.39 is 276 Å². The van der Waals surface area contributed by atoms with Crippen LogP contribution in [-0.2, 0) is 99.1 Å². The zero-order chi connectivity index (χ0) is 97.7. The standard InChI is InChI=1S/C89H136N18O23/c1-19-48(7)68(97-70(116)61(92-50(9)110)39-52-42-91-57-30-25-24-29-56(52)57)78(124)95-59(33-35-66(114)115)72(118)104-89(18,20-2)81(127)99-67(47(5)6)77(123)98-69(49(8)109)79(125)103-85(10,11)80(126)96-60(37-46(3)4)73(119)101-88(16,17)83(129)106-43-54(111)40-63(106)75(121)94-58(32-34-65(90)113)71(117)100-87(14,15)84(130)107-44-55(112)41-64(107)76(122)102-86(12,13)82(128)105-36-26-31-62(105)74(120)93-53(45-108)38-51-27-22-21-23-28-51/h21-25,27-30,42,46-49,53-55,58-64,67-69,91,108-109,111-112H,19-20,26,31-41,43-45H2,1-18H3,(H2,90,113)(H,92,110)(H,93,120)(H,94,121)(H,95,124)(H,96,126)(H,97,116)(H,98,123)(H,99,127)(H,100,117)(H,101,119)(H,102,122)(H,103,125)(H,104,118)(H,114,115)/t48?,49-,53?,54?,55?,58?,59?,60?,61?,62?,63?,64?,67?,68?,69+,89?/m1/s1. The highest BCUT2D eigenvalue weighted by Gasteiger charge is 2.51. The number of benzene rings is 2. The molecule has 130 heavy (non-hydrogen) atoms. The first-order valence-electron chi connectivity index (χ1n) is 44.2. The molecule has 3 aliphatic heterocycles. The summed E-state index contributed by atoms with van der Waals surface area (Å²) in [5.41, 5.74) is -1.63. The normalized spacial score (nSPS) is 19.3. The highest BCUT2D eigenvalue weighted by atomic mass is 16.4. The Labute approximate surface area is 756 Å². The number of hydrogen-bond acceptors (Lipinski definition) is 22. The molecule has 14 unspecified atom stereocenters. The molecule has 4 heterocycles. The van der Waals surface area contributed by atoms with E-state index in [0.29, 0.717) is 31.2 Å². The minimum absolute atomic E-state index is 0.0180. The Bertz CT molecular complexity index is 4610. The van der Waals surface area contributed by atoms with Gasteiger partial charge in [-0.2, -0.15) is 0 Å². The molecule has 17 amide bonds. The van der Waals surface area contributed by atoms with Crippen LogP contribution >= 0.6 is 0 Å². The number of aromatic amines is 1. The van der Waals surface area contributed by atoms with Crippen LogP contribution in [0.1, 0.15) is 206 Å². The second-order valence-corrected chi connectivity index (χ2v) is 37.4. The lowest BCUT2D eigenvalue weighted by Gasteiger charge is -2.37. The van der Waals surface area contributed by atoms with E-state index >= 15 is 0 Å². The number of nitrogens with zero attached hydrogens (tertiary/aromatic N) is 3. The fourth-order valence-corrected chi connectivity index (χ4v) is 15.8. The van der Waals surface area contributed by atoms with Gasteiger partial charge in [0.05, 0.1) is 31.0 Å². The van der Waals surface area contributed by atoms with E-state index in [4.69, 9.17) is 5.73 Å². The first kappa shape index (κ1) is 107. The number of β-amino-alcohol motifs (C(OH)–C–C–N with tert-alkyl or cyclic N) is 2. The summed E-state index contributed by atoms with van der Waals surface area (Å²) >= 11 is 0. The van der Waals surface area contributed by atoms with E-state index in [2.05, 4.69) is 74.1 Å². The van der Waals surface area contributed by atoms with Crippen LogP contribution in [0.15, 0.2) is 60.8 Å². The van der Waals surface area contributed by atoms with Crippen LogP contribution in [0.5, 0.6) is 0 Å². The van der Waals surface area contributed by atoms with Crippen molar-refractivity contribution in [1.29, 1.82) is 0 Å². The number of nitrogens with one attached hydrogen (secondary N) is 14. The Morgan fingerprint density at radius 3 is 1.55 bits per heavy atom. The SMILES string of the molecule is CCC(C)C(NC(=O)C(Cc1c[nH]c2ccccc12)NC(C)=O)C(=O)NC(CCC(=O)O)C(=O)NC(C)(CC)C(=O)NC(C(=O)N[C@H](C(=O)NC(C)(C)C(=O)NC(CC(C)C)C(=O)NC(C)(C)C(=O)N1CC(O)CC1C(=O)NC(CCC(N)=O)C(=O)NC(C)(C)C(=O)N1CC(O)CC1C(=O)NC(C)(C)C(=O)N1CCCC1C(=O)NC(CO)Cc1ccccc1)[C@@H](C)O)C(C)C. The Morgan fingerprint density at radius 2 is 1.02 bits per heavy atom. The van der Waals surface area contributed by atoms with Gasteiger partial charge in [-0.15, -0.1) is 0 Å². The van der Waals surface area contributed by atoms with Crippen molar-refractivity contribution >= 4 is 117 Å². The van der Waals surface area contributed by atoms with Crippen molar-refractivity contribution in [2.24, 2.45) is 23.5 Å². The third-order valence-electron chi connectivity index (χ3n) is 23.7. The third kappa shape index (κ3) is 29.1. The second kappa shape index (κ2) is 46.2. The summed E-state index contributed by atoms with van der Waals surface area (Å²) in [5.74, 6) is -18.1. The van der Waals surface area contributed by atoms with Gasteiger partial charge < -0.3 is 120 Å². The Hall–Kier alpha value is -11.7. The molecule has 3 aliphatic rings. The predicted octanol–water partition coefficient (Wildman–Crippen LogP) is -2.12. The first-order valence-corrected chi connectivity index (χ1v) is 44.2. The lowest BCUT2D eigenvalue weighted by molar-refractivity contribution is -0.148. The summed E-state index contributed by atoms with van der Waals surface area (Å²) in [6.07, 6.45) is -4.29. The van der Waals surface area contributed by atoms with Gasteiger partial charge >= 0.3 is 5.97 Å². The quantitative estimate of drug-likeness (QED) is 0.0288. The summed E-state index contributed by atoms with van der Waals surface area (Å²) in [4.78, 5) is 259. The van der Waals surface area contributed by atoms with Crippen molar-refractivity contribution in [3.05, 3.63) is 71.9 Å². The molecule has 2 aromatic carbocycles. The molecule has 41 nitrogen and oxygen atoms in total. The first-order chi connectivity index (χ1) is 60.5. The Kier molecular flexibility index (Phi) is 38.0. The van der Waals surface area contributed by atoms with E-state index in [1.165, 1.54) is 94.9 Å². The molecule has 3 fully saturated rings. The summed E-state index contributed by atoms with van der Waals surface area (Å²) in [6, 6.07) is 1.26. The maximum Gasteiger partial charge on any atom is 0.303 e. The minimum Gasteiger partial charge on any atom is -0.481 e. The van der Waals surface area contributed by atoms with E-state index in [-0.39, 0.29) is 44.8 Å². The number of aliphatic hydroxyl groups excluding tert-OH is 4. The number of para-hydroxylation sites is 1. The van der Waals surface area contributed by atoms with Crippen molar-refractivity contribution < 1.29 is 112 Å². The number of carboxylic acids is 1. The molecule has 0 spiro atoms. The van der Waals surface area contributed by atoms with E-state index in [1.807, 2.05) is 54.6 Å². The largest absolute Gasteiger partial charge is 0.481 e. The summed E-state index contributed by atoms with van der Waals surface area (Å²) in [5, 5.41) is 87.7. The van der Waals surface area contributed by atoms with Crippen LogP contribution in [0.3, 0.4) is 0 Å². The van der Waals surface area contributed by atoms with Gasteiger partial charge in [-0.05, 0) is 149 Å². The number of rotatable bonds is 46. The van der Waals surface area contributed by atoms with Crippen LogP contribution in [0.4, 0.5) is 0 Å². The van der Waals surface area contributed by atoms with Crippen molar-refractivity contribution in [3.8, 4) is 0 Å². The zero-order valence-electron chi connectivity index (χ0n) is 77.6. The van der Waals surface area contributed by atoms with Gasteiger partial charge in [0.15, 0.2) is 0 Å². The van der Waals surface area contributed by atoms with Crippen molar-refractivity contribution in [1.82, 2.24) is 88.8 Å². The number of aromatic nitrogens is 1. The van der Waals surface area contributed by atoms with E-state index in [9.17, 15) is 112 Å². The number of carboxylic acid groups (broad SMARTS) is 1. The molecule has 1 aromatic heterocycles. The summed E-state index contributed by atoms with van der Waals surface area (Å²) in [7, 11) is 0. The molecule has 0 radical (unpaired) electrons. The van der Waals surface area contributed by atoms with Gasteiger partial charge in [-0.3, -0.25) is 86.3 Å². The number of H-pyrrole nitrogens is 1. The molecule has 0 aliphatic carbocycles.